The number of carboxylic acid groups (broad SMARTS) is 1. The van der Waals surface area contributed by atoms with E-state index in [0.717, 1.165) is 51.0 Å². The molecule has 132 valence electrons. The third-order valence-electron chi connectivity index (χ3n) is 3.17. The van der Waals surface area contributed by atoms with Crippen molar-refractivity contribution in [3.8, 4) is 0 Å². The maximum Gasteiger partial charge on any atom is 0.328 e. The molecule has 0 aliphatic carbocycles. The van der Waals surface area contributed by atoms with E-state index in [1.807, 2.05) is 6.08 Å². The van der Waals surface area contributed by atoms with Gasteiger partial charge in [-0.05, 0) is 51.4 Å². The fourth-order valence-corrected chi connectivity index (χ4v) is 1.92. The minimum Gasteiger partial charge on any atom is -0.478 e. The van der Waals surface area contributed by atoms with E-state index in [0.29, 0.717) is 0 Å². The second-order valence-electron chi connectivity index (χ2n) is 5.40. The van der Waals surface area contributed by atoms with Crippen molar-refractivity contribution < 1.29 is 9.90 Å². The zero-order valence-electron chi connectivity index (χ0n) is 14.9. The highest BCUT2D eigenvalue weighted by atomic mass is 16.4. The lowest BCUT2D eigenvalue weighted by molar-refractivity contribution is -0.131. The van der Waals surface area contributed by atoms with Crippen molar-refractivity contribution in [2.75, 3.05) is 0 Å². The highest BCUT2D eigenvalue weighted by Crippen LogP contribution is 2.01. The molecule has 2 nitrogen and oxygen atoms in total. The van der Waals surface area contributed by atoms with Crippen LogP contribution in [0, 0.1) is 0 Å². The Morgan fingerprint density at radius 2 is 1.25 bits per heavy atom. The Hall–Kier alpha value is -2.09. The third kappa shape index (κ3) is 19.9. The Morgan fingerprint density at radius 1 is 0.708 bits per heavy atom. The van der Waals surface area contributed by atoms with Crippen LogP contribution in [0.2, 0.25) is 0 Å². The Labute approximate surface area is 147 Å². The Bertz CT molecular complexity index is 462. The number of rotatable bonds is 14. The van der Waals surface area contributed by atoms with Crippen LogP contribution in [0.5, 0.6) is 0 Å². The molecular formula is C22H32O2. The third-order valence-corrected chi connectivity index (χ3v) is 3.17. The zero-order chi connectivity index (χ0) is 17.7. The number of hydrogen-bond donors (Lipinski definition) is 1. The largest absolute Gasteiger partial charge is 0.478 e. The van der Waals surface area contributed by atoms with Crippen LogP contribution in [-0.4, -0.2) is 11.1 Å². The predicted octanol–water partition coefficient (Wildman–Crippen LogP) is 6.55. The molecule has 0 saturated carbocycles. The summed E-state index contributed by atoms with van der Waals surface area (Å²) in [7, 11) is 0. The first-order valence-corrected chi connectivity index (χ1v) is 8.93. The molecular weight excluding hydrogens is 296 g/mol. The molecule has 24 heavy (non-hydrogen) atoms. The van der Waals surface area contributed by atoms with Crippen molar-refractivity contribution in [2.45, 2.75) is 58.3 Å². The highest BCUT2D eigenvalue weighted by Gasteiger charge is 1.82. The number of hydrogen-bond acceptors (Lipinski definition) is 1. The summed E-state index contributed by atoms with van der Waals surface area (Å²) in [6.07, 6.45) is 32.8. The maximum atomic E-state index is 10.2. The van der Waals surface area contributed by atoms with Gasteiger partial charge in [-0.25, -0.2) is 4.79 Å². The smallest absolute Gasteiger partial charge is 0.328 e. The minimum absolute atomic E-state index is 0.829. The molecule has 0 radical (unpaired) electrons. The zero-order valence-corrected chi connectivity index (χ0v) is 14.9. The van der Waals surface area contributed by atoms with Gasteiger partial charge in [-0.1, -0.05) is 73.8 Å². The van der Waals surface area contributed by atoms with Crippen LogP contribution in [0.1, 0.15) is 58.3 Å². The molecule has 0 saturated heterocycles. The van der Waals surface area contributed by atoms with E-state index in [-0.39, 0.29) is 0 Å². The lowest BCUT2D eigenvalue weighted by Crippen LogP contribution is -1.84. The lowest BCUT2D eigenvalue weighted by Gasteiger charge is -1.91. The summed E-state index contributed by atoms with van der Waals surface area (Å²) in [6.45, 7) is 2.16. The average molecular weight is 328 g/mol. The first-order chi connectivity index (χ1) is 11.8. The van der Waals surface area contributed by atoms with Crippen LogP contribution in [0.15, 0.2) is 72.9 Å². The van der Waals surface area contributed by atoms with Gasteiger partial charge in [0.2, 0.25) is 0 Å². The molecule has 0 aromatic heterocycles. The van der Waals surface area contributed by atoms with Gasteiger partial charge >= 0.3 is 5.97 Å². The van der Waals surface area contributed by atoms with Gasteiger partial charge in [-0.3, -0.25) is 0 Å². The molecule has 0 amide bonds. The standard InChI is InChI=1S/C22H32O2/c1-2-3-4-5-6-7-8-9-10-11-12-13-14-15-16-17-18-19-20-21-22(23)24/h3-4,7-8,12-13,15-16,18-21H,2,5-6,9-11,14,17H2,1H3,(H,23,24). The molecule has 0 spiro atoms. The Balaban J connectivity index is 3.46. The van der Waals surface area contributed by atoms with Gasteiger partial charge in [0.15, 0.2) is 0 Å². The fraction of sp³-hybridized carbons (Fsp3) is 0.409. The van der Waals surface area contributed by atoms with Crippen LogP contribution in [0.25, 0.3) is 0 Å². The van der Waals surface area contributed by atoms with Gasteiger partial charge in [0.25, 0.3) is 0 Å². The molecule has 0 atom stereocenters. The normalized spacial score (nSPS) is 13.0. The van der Waals surface area contributed by atoms with Crippen molar-refractivity contribution in [3.05, 3.63) is 72.9 Å². The summed E-state index contributed by atoms with van der Waals surface area (Å²) in [5, 5.41) is 8.41. The SMILES string of the molecule is CCC=CCCC=CCCCC=CCC=CCC=CC=CC(=O)O. The monoisotopic (exact) mass is 328 g/mol. The van der Waals surface area contributed by atoms with Gasteiger partial charge in [0.1, 0.15) is 0 Å². The first kappa shape index (κ1) is 21.9. The van der Waals surface area contributed by atoms with Crippen molar-refractivity contribution in [1.82, 2.24) is 0 Å². The van der Waals surface area contributed by atoms with Crippen LogP contribution in [-0.2, 0) is 4.79 Å². The number of carboxylic acids is 1. The predicted molar refractivity (Wildman–Crippen MR) is 105 cm³/mol. The van der Waals surface area contributed by atoms with Crippen molar-refractivity contribution in [2.24, 2.45) is 0 Å². The summed E-state index contributed by atoms with van der Waals surface area (Å²) in [5.41, 5.74) is 0. The van der Waals surface area contributed by atoms with Gasteiger partial charge in [0.05, 0.1) is 0 Å². The second-order valence-corrected chi connectivity index (χ2v) is 5.40. The topological polar surface area (TPSA) is 37.3 Å². The van der Waals surface area contributed by atoms with Crippen LogP contribution < -0.4 is 0 Å². The molecule has 2 heteroatoms. The molecule has 0 bridgehead atoms. The Morgan fingerprint density at radius 3 is 1.92 bits per heavy atom. The van der Waals surface area contributed by atoms with Crippen LogP contribution in [0.4, 0.5) is 0 Å². The molecule has 0 aromatic carbocycles. The van der Waals surface area contributed by atoms with E-state index >= 15 is 0 Å². The van der Waals surface area contributed by atoms with Crippen molar-refractivity contribution in [1.29, 1.82) is 0 Å². The van der Waals surface area contributed by atoms with Crippen molar-refractivity contribution in [3.63, 3.8) is 0 Å². The van der Waals surface area contributed by atoms with Crippen LogP contribution >= 0.6 is 0 Å². The Kier molecular flexibility index (Phi) is 17.3. The number of aliphatic carboxylic acids is 1. The summed E-state index contributed by atoms with van der Waals surface area (Å²) < 4.78 is 0. The fourth-order valence-electron chi connectivity index (χ4n) is 1.92. The second kappa shape index (κ2) is 19.0. The number of allylic oxidation sites excluding steroid dienone is 11. The summed E-state index contributed by atoms with van der Waals surface area (Å²) >= 11 is 0. The average Bonchev–Trinajstić information content (AvgIpc) is 2.56. The summed E-state index contributed by atoms with van der Waals surface area (Å²) in [6, 6.07) is 0. The van der Waals surface area contributed by atoms with Gasteiger partial charge in [-0.2, -0.15) is 0 Å². The van der Waals surface area contributed by atoms with E-state index in [1.165, 1.54) is 12.5 Å². The molecule has 0 aromatic rings. The first-order valence-electron chi connectivity index (χ1n) is 8.93. The van der Waals surface area contributed by atoms with E-state index in [2.05, 4.69) is 55.5 Å². The minimum atomic E-state index is -0.917. The molecule has 0 heterocycles. The van der Waals surface area contributed by atoms with E-state index < -0.39 is 5.97 Å². The number of unbranched alkanes of at least 4 members (excludes halogenated alkanes) is 3. The summed E-state index contributed by atoms with van der Waals surface area (Å²) in [5.74, 6) is -0.917. The number of carbonyl (C=O) groups is 1. The molecule has 0 rings (SSSR count). The van der Waals surface area contributed by atoms with Gasteiger partial charge in [-0.15, -0.1) is 0 Å². The van der Waals surface area contributed by atoms with E-state index in [1.54, 1.807) is 6.08 Å². The highest BCUT2D eigenvalue weighted by molar-refractivity contribution is 5.80. The molecule has 0 aliphatic heterocycles. The lowest BCUT2D eigenvalue weighted by atomic mass is 10.2. The molecule has 1 N–H and O–H groups in total. The molecule has 0 unspecified atom stereocenters. The van der Waals surface area contributed by atoms with Gasteiger partial charge < -0.3 is 5.11 Å². The quantitative estimate of drug-likeness (QED) is 0.170. The van der Waals surface area contributed by atoms with Crippen molar-refractivity contribution >= 4 is 5.97 Å². The van der Waals surface area contributed by atoms with Crippen LogP contribution in [0.3, 0.4) is 0 Å². The van der Waals surface area contributed by atoms with E-state index in [9.17, 15) is 4.79 Å². The van der Waals surface area contributed by atoms with Gasteiger partial charge in [0, 0.05) is 6.08 Å². The maximum absolute atomic E-state index is 10.2. The molecule has 0 aliphatic rings. The van der Waals surface area contributed by atoms with E-state index in [4.69, 9.17) is 5.11 Å². The summed E-state index contributed by atoms with van der Waals surface area (Å²) in [4.78, 5) is 10.2. The molecule has 0 fully saturated rings.